The summed E-state index contributed by atoms with van der Waals surface area (Å²) in [6, 6.07) is 7.23. The minimum absolute atomic E-state index is 0.329. The van der Waals surface area contributed by atoms with Gasteiger partial charge in [-0.3, -0.25) is 0 Å². The SMILES string of the molecule is CCOc1ccccc1OBO. The molecule has 1 aromatic rings. The lowest BCUT2D eigenvalue weighted by atomic mass is 10.3. The van der Waals surface area contributed by atoms with Crippen molar-refractivity contribution >= 4 is 7.69 Å². The van der Waals surface area contributed by atoms with E-state index in [-0.39, 0.29) is 7.69 Å². The smallest absolute Gasteiger partial charge is 0.504 e. The third-order valence-corrected chi connectivity index (χ3v) is 1.37. The van der Waals surface area contributed by atoms with Crippen LogP contribution in [0.4, 0.5) is 0 Å². The average Bonchev–Trinajstić information content (AvgIpc) is 2.09. The van der Waals surface area contributed by atoms with Crippen LogP contribution >= 0.6 is 0 Å². The van der Waals surface area contributed by atoms with E-state index in [0.29, 0.717) is 18.1 Å². The quantitative estimate of drug-likeness (QED) is 0.669. The number of hydrogen-bond donors (Lipinski definition) is 1. The monoisotopic (exact) mass is 166 g/mol. The Morgan fingerprint density at radius 3 is 2.58 bits per heavy atom. The molecule has 12 heavy (non-hydrogen) atoms. The molecule has 0 aromatic heterocycles. The van der Waals surface area contributed by atoms with Gasteiger partial charge in [-0.15, -0.1) is 0 Å². The Balaban J connectivity index is 2.77. The average molecular weight is 166 g/mol. The predicted octanol–water partition coefficient (Wildman–Crippen LogP) is 0.723. The van der Waals surface area contributed by atoms with Gasteiger partial charge in [0.15, 0.2) is 5.75 Å². The Hall–Kier alpha value is -1.16. The van der Waals surface area contributed by atoms with E-state index in [2.05, 4.69) is 0 Å². The lowest BCUT2D eigenvalue weighted by Gasteiger charge is -2.08. The topological polar surface area (TPSA) is 38.7 Å². The van der Waals surface area contributed by atoms with E-state index < -0.39 is 0 Å². The van der Waals surface area contributed by atoms with E-state index >= 15 is 0 Å². The van der Waals surface area contributed by atoms with Crippen LogP contribution in [0.2, 0.25) is 0 Å². The van der Waals surface area contributed by atoms with Crippen LogP contribution in [0.15, 0.2) is 24.3 Å². The molecule has 0 saturated carbocycles. The molecular weight excluding hydrogens is 155 g/mol. The summed E-state index contributed by atoms with van der Waals surface area (Å²) in [6.07, 6.45) is 0. The number of hydrogen-bond acceptors (Lipinski definition) is 3. The highest BCUT2D eigenvalue weighted by Crippen LogP contribution is 2.25. The molecule has 0 atom stereocenters. The summed E-state index contributed by atoms with van der Waals surface area (Å²) in [5, 5.41) is 8.53. The summed E-state index contributed by atoms with van der Waals surface area (Å²) >= 11 is 0. The molecule has 0 aliphatic carbocycles. The summed E-state index contributed by atoms with van der Waals surface area (Å²) in [6.45, 7) is 2.49. The summed E-state index contributed by atoms with van der Waals surface area (Å²) in [5.74, 6) is 1.23. The summed E-state index contributed by atoms with van der Waals surface area (Å²) < 4.78 is 10.2. The van der Waals surface area contributed by atoms with Gasteiger partial charge in [0.1, 0.15) is 5.75 Å². The third kappa shape index (κ3) is 2.17. The van der Waals surface area contributed by atoms with Crippen molar-refractivity contribution in [2.75, 3.05) is 6.61 Å². The van der Waals surface area contributed by atoms with Crippen molar-refractivity contribution in [1.29, 1.82) is 0 Å². The van der Waals surface area contributed by atoms with E-state index in [1.165, 1.54) is 0 Å². The molecule has 1 aromatic carbocycles. The molecule has 0 spiro atoms. The maximum atomic E-state index is 8.53. The van der Waals surface area contributed by atoms with Crippen LogP contribution in [-0.4, -0.2) is 19.3 Å². The Labute approximate surface area is 72.2 Å². The first-order valence-electron chi connectivity index (χ1n) is 3.84. The van der Waals surface area contributed by atoms with Crippen molar-refractivity contribution in [2.45, 2.75) is 6.92 Å². The van der Waals surface area contributed by atoms with E-state index in [1.807, 2.05) is 19.1 Å². The molecule has 0 unspecified atom stereocenters. The van der Waals surface area contributed by atoms with Gasteiger partial charge in [0, 0.05) is 0 Å². The number of ether oxygens (including phenoxy) is 1. The molecule has 0 bridgehead atoms. The normalized spacial score (nSPS) is 9.17. The minimum atomic E-state index is -0.329. The maximum absolute atomic E-state index is 8.53. The van der Waals surface area contributed by atoms with Gasteiger partial charge in [0.05, 0.1) is 6.61 Å². The molecule has 0 radical (unpaired) electrons. The summed E-state index contributed by atoms with van der Waals surface area (Å²) in [4.78, 5) is 0. The molecule has 1 rings (SSSR count). The molecule has 4 heteroatoms. The summed E-state index contributed by atoms with van der Waals surface area (Å²) in [7, 11) is -0.329. The van der Waals surface area contributed by atoms with E-state index in [0.717, 1.165) is 0 Å². The fourth-order valence-electron chi connectivity index (χ4n) is 0.914. The van der Waals surface area contributed by atoms with Crippen molar-refractivity contribution in [1.82, 2.24) is 0 Å². The zero-order valence-corrected chi connectivity index (χ0v) is 6.99. The molecule has 0 amide bonds. The van der Waals surface area contributed by atoms with Gasteiger partial charge in [0.25, 0.3) is 0 Å². The highest BCUT2D eigenvalue weighted by Gasteiger charge is 2.01. The zero-order valence-electron chi connectivity index (χ0n) is 6.99. The predicted molar refractivity (Wildman–Crippen MR) is 47.6 cm³/mol. The van der Waals surface area contributed by atoms with Crippen LogP contribution in [0.25, 0.3) is 0 Å². The Morgan fingerprint density at radius 2 is 2.00 bits per heavy atom. The molecule has 3 nitrogen and oxygen atoms in total. The number of para-hydroxylation sites is 2. The van der Waals surface area contributed by atoms with Crippen molar-refractivity contribution in [3.05, 3.63) is 24.3 Å². The van der Waals surface area contributed by atoms with Crippen molar-refractivity contribution in [3.63, 3.8) is 0 Å². The molecule has 0 fully saturated rings. The van der Waals surface area contributed by atoms with Crippen LogP contribution < -0.4 is 9.39 Å². The Bertz CT molecular complexity index is 214. The molecule has 1 N–H and O–H groups in total. The van der Waals surface area contributed by atoms with Crippen LogP contribution in [0, 0.1) is 0 Å². The fourth-order valence-corrected chi connectivity index (χ4v) is 0.914. The second-order valence-electron chi connectivity index (χ2n) is 2.15. The zero-order chi connectivity index (χ0) is 8.81. The maximum Gasteiger partial charge on any atom is 0.504 e. The Kier molecular flexibility index (Phi) is 3.48. The first-order valence-corrected chi connectivity index (χ1v) is 3.84. The second kappa shape index (κ2) is 4.67. The van der Waals surface area contributed by atoms with Gasteiger partial charge < -0.3 is 14.4 Å². The first-order chi connectivity index (χ1) is 5.88. The van der Waals surface area contributed by atoms with E-state index in [4.69, 9.17) is 14.4 Å². The summed E-state index contributed by atoms with van der Waals surface area (Å²) in [5.41, 5.74) is 0. The number of rotatable bonds is 4. The van der Waals surface area contributed by atoms with Crippen molar-refractivity contribution in [2.24, 2.45) is 0 Å². The second-order valence-corrected chi connectivity index (χ2v) is 2.15. The molecule has 64 valence electrons. The van der Waals surface area contributed by atoms with Gasteiger partial charge in [-0.1, -0.05) is 12.1 Å². The fraction of sp³-hybridized carbons (Fsp3) is 0.250. The largest absolute Gasteiger partial charge is 0.536 e. The van der Waals surface area contributed by atoms with Crippen molar-refractivity contribution in [3.8, 4) is 11.5 Å². The van der Waals surface area contributed by atoms with E-state index in [9.17, 15) is 0 Å². The van der Waals surface area contributed by atoms with Gasteiger partial charge >= 0.3 is 7.69 Å². The third-order valence-electron chi connectivity index (χ3n) is 1.37. The first kappa shape index (κ1) is 8.94. The molecule has 0 aliphatic rings. The van der Waals surface area contributed by atoms with Crippen LogP contribution in [0.5, 0.6) is 11.5 Å². The lowest BCUT2D eigenvalue weighted by molar-refractivity contribution is 0.324. The van der Waals surface area contributed by atoms with Gasteiger partial charge in [-0.05, 0) is 19.1 Å². The highest BCUT2D eigenvalue weighted by molar-refractivity contribution is 6.17. The van der Waals surface area contributed by atoms with Crippen LogP contribution in [0.3, 0.4) is 0 Å². The number of benzene rings is 1. The van der Waals surface area contributed by atoms with E-state index in [1.54, 1.807) is 12.1 Å². The Morgan fingerprint density at radius 1 is 1.33 bits per heavy atom. The molecular formula is C8H11BO3. The van der Waals surface area contributed by atoms with Crippen molar-refractivity contribution < 1.29 is 14.4 Å². The minimum Gasteiger partial charge on any atom is -0.536 e. The van der Waals surface area contributed by atoms with Gasteiger partial charge in [0.2, 0.25) is 0 Å². The van der Waals surface area contributed by atoms with Crippen LogP contribution in [-0.2, 0) is 0 Å². The van der Waals surface area contributed by atoms with Crippen LogP contribution in [0.1, 0.15) is 6.92 Å². The molecule has 0 aliphatic heterocycles. The van der Waals surface area contributed by atoms with Gasteiger partial charge in [-0.25, -0.2) is 0 Å². The standard InChI is InChI=1S/C8H11BO3/c1-2-11-7-5-3-4-6-8(7)12-9-10/h3-6,9-10H,2H2,1H3. The molecule has 0 saturated heterocycles. The van der Waals surface area contributed by atoms with Gasteiger partial charge in [-0.2, -0.15) is 0 Å². The highest BCUT2D eigenvalue weighted by atomic mass is 16.5. The lowest BCUT2D eigenvalue weighted by Crippen LogP contribution is -2.02. The molecule has 0 heterocycles.